The van der Waals surface area contributed by atoms with Gasteiger partial charge in [-0.2, -0.15) is 10.4 Å². The lowest BCUT2D eigenvalue weighted by Crippen LogP contribution is -2.05. The number of aromatic nitrogens is 4. The van der Waals surface area contributed by atoms with E-state index >= 15 is 0 Å². The van der Waals surface area contributed by atoms with Gasteiger partial charge in [0.25, 0.3) is 0 Å². The predicted octanol–water partition coefficient (Wildman–Crippen LogP) is 2.16. The Morgan fingerprint density at radius 2 is 2.10 bits per heavy atom. The zero-order valence-electron chi connectivity index (χ0n) is 11.8. The number of nitrogens with one attached hydrogen (secondary N) is 1. The first-order chi connectivity index (χ1) is 10.2. The van der Waals surface area contributed by atoms with E-state index in [1.807, 2.05) is 49.1 Å². The number of benzene rings is 1. The van der Waals surface area contributed by atoms with Gasteiger partial charge in [0.1, 0.15) is 6.07 Å². The molecule has 0 radical (unpaired) electrons. The molecule has 1 aromatic carbocycles. The molecule has 6 heteroatoms. The third-order valence-corrected chi connectivity index (χ3v) is 3.57. The van der Waals surface area contributed by atoms with E-state index in [0.717, 1.165) is 22.2 Å². The van der Waals surface area contributed by atoms with Gasteiger partial charge >= 0.3 is 0 Å². The zero-order valence-corrected chi connectivity index (χ0v) is 11.8. The molecule has 3 aromatic rings. The van der Waals surface area contributed by atoms with Crippen molar-refractivity contribution in [3.8, 4) is 6.07 Å². The smallest absolute Gasteiger partial charge is 0.186 e. The van der Waals surface area contributed by atoms with Crippen molar-refractivity contribution in [3.05, 3.63) is 47.4 Å². The molecule has 0 atom stereocenters. The molecule has 2 heterocycles. The SMILES string of the molecule is Cc1c(CNc2c(C#N)nnc3ccccc23)cnn1C. The molecule has 0 bridgehead atoms. The average Bonchev–Trinajstić information content (AvgIpc) is 2.84. The van der Waals surface area contributed by atoms with E-state index in [-0.39, 0.29) is 0 Å². The molecule has 0 aliphatic carbocycles. The summed E-state index contributed by atoms with van der Waals surface area (Å²) in [6.07, 6.45) is 1.82. The van der Waals surface area contributed by atoms with Gasteiger partial charge in [-0.3, -0.25) is 4.68 Å². The molecular formula is C15H14N6. The fraction of sp³-hybridized carbons (Fsp3) is 0.200. The van der Waals surface area contributed by atoms with Gasteiger partial charge in [-0.05, 0) is 13.0 Å². The Kier molecular flexibility index (Phi) is 3.24. The zero-order chi connectivity index (χ0) is 14.8. The Morgan fingerprint density at radius 1 is 1.29 bits per heavy atom. The molecule has 104 valence electrons. The van der Waals surface area contributed by atoms with Gasteiger partial charge in [0.2, 0.25) is 0 Å². The molecule has 1 N–H and O–H groups in total. The summed E-state index contributed by atoms with van der Waals surface area (Å²) in [5.74, 6) is 0. The second-order valence-corrected chi connectivity index (χ2v) is 4.78. The van der Waals surface area contributed by atoms with Crippen molar-refractivity contribution < 1.29 is 0 Å². The van der Waals surface area contributed by atoms with Crippen molar-refractivity contribution in [2.45, 2.75) is 13.5 Å². The number of nitrogens with zero attached hydrogens (tertiary/aromatic N) is 5. The third-order valence-electron chi connectivity index (χ3n) is 3.57. The Balaban J connectivity index is 1.99. The Hall–Kier alpha value is -2.94. The summed E-state index contributed by atoms with van der Waals surface area (Å²) < 4.78 is 1.82. The molecule has 3 rings (SSSR count). The molecule has 0 saturated heterocycles. The molecule has 0 aliphatic heterocycles. The van der Waals surface area contributed by atoms with Crippen molar-refractivity contribution in [3.63, 3.8) is 0 Å². The lowest BCUT2D eigenvalue weighted by molar-refractivity contribution is 0.738. The minimum absolute atomic E-state index is 0.301. The van der Waals surface area contributed by atoms with Crippen LogP contribution in [-0.4, -0.2) is 20.0 Å². The Bertz CT molecular complexity index is 843. The third kappa shape index (κ3) is 2.30. The molecule has 0 spiro atoms. The Morgan fingerprint density at radius 3 is 2.81 bits per heavy atom. The minimum Gasteiger partial charge on any atom is -0.378 e. The van der Waals surface area contributed by atoms with Crippen LogP contribution in [0.3, 0.4) is 0 Å². The van der Waals surface area contributed by atoms with Gasteiger partial charge in [-0.25, -0.2) is 0 Å². The predicted molar refractivity (Wildman–Crippen MR) is 79.5 cm³/mol. The van der Waals surface area contributed by atoms with Crippen molar-refractivity contribution in [2.75, 3.05) is 5.32 Å². The highest BCUT2D eigenvalue weighted by Gasteiger charge is 2.11. The normalized spacial score (nSPS) is 10.5. The molecule has 6 nitrogen and oxygen atoms in total. The minimum atomic E-state index is 0.301. The summed E-state index contributed by atoms with van der Waals surface area (Å²) in [6.45, 7) is 2.60. The van der Waals surface area contributed by atoms with Crippen molar-refractivity contribution in [1.82, 2.24) is 20.0 Å². The van der Waals surface area contributed by atoms with Crippen LogP contribution in [0.2, 0.25) is 0 Å². The summed E-state index contributed by atoms with van der Waals surface area (Å²) in [7, 11) is 1.91. The van der Waals surface area contributed by atoms with Crippen molar-refractivity contribution >= 4 is 16.6 Å². The second-order valence-electron chi connectivity index (χ2n) is 4.78. The van der Waals surface area contributed by atoms with E-state index in [1.54, 1.807) is 0 Å². The van der Waals surface area contributed by atoms with Gasteiger partial charge in [0.15, 0.2) is 5.69 Å². The average molecular weight is 278 g/mol. The van der Waals surface area contributed by atoms with Gasteiger partial charge in [-0.15, -0.1) is 10.2 Å². The number of fused-ring (bicyclic) bond motifs is 1. The largest absolute Gasteiger partial charge is 0.378 e. The highest BCUT2D eigenvalue weighted by atomic mass is 15.3. The van der Waals surface area contributed by atoms with Crippen LogP contribution < -0.4 is 5.32 Å². The molecule has 21 heavy (non-hydrogen) atoms. The first kappa shape index (κ1) is 13.1. The van der Waals surface area contributed by atoms with E-state index in [1.165, 1.54) is 0 Å². The molecule has 0 fully saturated rings. The maximum atomic E-state index is 9.22. The lowest BCUT2D eigenvalue weighted by Gasteiger charge is -2.10. The monoisotopic (exact) mass is 278 g/mol. The molecule has 0 amide bonds. The standard InChI is InChI=1S/C15H14N6/c1-10-11(9-18-21(10)2)8-17-15-12-5-3-4-6-13(12)19-20-14(15)7-16/h3-6,9H,8H2,1-2H3,(H,17,19). The topological polar surface area (TPSA) is 79.4 Å². The molecule has 2 aromatic heterocycles. The second kappa shape index (κ2) is 5.21. The summed E-state index contributed by atoms with van der Waals surface area (Å²) in [5, 5.41) is 25.7. The van der Waals surface area contributed by atoms with Gasteiger partial charge in [0, 0.05) is 30.2 Å². The number of aryl methyl sites for hydroxylation is 1. The molecule has 0 unspecified atom stereocenters. The quantitative estimate of drug-likeness (QED) is 0.794. The Labute approximate surface area is 122 Å². The number of hydrogen-bond acceptors (Lipinski definition) is 5. The van der Waals surface area contributed by atoms with Crippen LogP contribution in [0.15, 0.2) is 30.5 Å². The van der Waals surface area contributed by atoms with E-state index in [4.69, 9.17) is 0 Å². The molecular weight excluding hydrogens is 264 g/mol. The first-order valence-electron chi connectivity index (χ1n) is 6.57. The summed E-state index contributed by atoms with van der Waals surface area (Å²) in [5.41, 5.74) is 3.96. The van der Waals surface area contributed by atoms with Crippen LogP contribution in [0, 0.1) is 18.3 Å². The van der Waals surface area contributed by atoms with Crippen LogP contribution >= 0.6 is 0 Å². The van der Waals surface area contributed by atoms with Crippen molar-refractivity contribution in [2.24, 2.45) is 7.05 Å². The van der Waals surface area contributed by atoms with E-state index in [0.29, 0.717) is 17.9 Å². The van der Waals surface area contributed by atoms with Crippen LogP contribution in [-0.2, 0) is 13.6 Å². The van der Waals surface area contributed by atoms with Gasteiger partial charge in [0.05, 0.1) is 17.4 Å². The highest BCUT2D eigenvalue weighted by molar-refractivity contribution is 5.92. The van der Waals surface area contributed by atoms with Gasteiger partial charge in [-0.1, -0.05) is 18.2 Å². The summed E-state index contributed by atoms with van der Waals surface area (Å²) in [6, 6.07) is 9.72. The molecule has 0 saturated carbocycles. The summed E-state index contributed by atoms with van der Waals surface area (Å²) >= 11 is 0. The molecule has 0 aliphatic rings. The van der Waals surface area contributed by atoms with Crippen LogP contribution in [0.4, 0.5) is 5.69 Å². The maximum Gasteiger partial charge on any atom is 0.186 e. The summed E-state index contributed by atoms with van der Waals surface area (Å²) in [4.78, 5) is 0. The van der Waals surface area contributed by atoms with Crippen LogP contribution in [0.1, 0.15) is 17.0 Å². The number of nitriles is 1. The van der Waals surface area contributed by atoms with E-state index < -0.39 is 0 Å². The van der Waals surface area contributed by atoms with E-state index in [2.05, 4.69) is 26.7 Å². The lowest BCUT2D eigenvalue weighted by atomic mass is 10.1. The number of rotatable bonds is 3. The van der Waals surface area contributed by atoms with Crippen LogP contribution in [0.25, 0.3) is 10.9 Å². The first-order valence-corrected chi connectivity index (χ1v) is 6.57. The van der Waals surface area contributed by atoms with Crippen molar-refractivity contribution in [1.29, 1.82) is 5.26 Å². The van der Waals surface area contributed by atoms with E-state index in [9.17, 15) is 5.26 Å². The number of anilines is 1. The van der Waals surface area contributed by atoms with Gasteiger partial charge < -0.3 is 5.32 Å². The number of hydrogen-bond donors (Lipinski definition) is 1. The van der Waals surface area contributed by atoms with Crippen LogP contribution in [0.5, 0.6) is 0 Å². The fourth-order valence-electron chi connectivity index (χ4n) is 2.21. The maximum absolute atomic E-state index is 9.22. The fourth-order valence-corrected chi connectivity index (χ4v) is 2.21. The highest BCUT2D eigenvalue weighted by Crippen LogP contribution is 2.24.